The average Bonchev–Trinajstić information content (AvgIpc) is 3.34. The molecular weight excluding hydrogens is 492 g/mol. The number of oxime groups is 1. The van der Waals surface area contributed by atoms with E-state index in [-0.39, 0.29) is 21.8 Å². The van der Waals surface area contributed by atoms with Gasteiger partial charge in [-0.25, -0.2) is 4.79 Å². The number of carbonyl (C=O) groups excluding carboxylic acids is 2. The quantitative estimate of drug-likeness (QED) is 0.184. The Balaban J connectivity index is 1.53. The Morgan fingerprint density at radius 2 is 2.13 bits per heavy atom. The van der Waals surface area contributed by atoms with Crippen molar-refractivity contribution in [2.45, 2.75) is 30.0 Å². The zero-order valence-corrected chi connectivity index (χ0v) is 18.3. The highest BCUT2D eigenvalue weighted by atomic mass is 35.5. The number of nitrogen functional groups attached to an aromatic ring is 1. The fraction of sp³-hybridized carbons (Fsp3) is 0.286. The van der Waals surface area contributed by atoms with Gasteiger partial charge in [-0.3, -0.25) is 14.5 Å². The lowest BCUT2D eigenvalue weighted by Crippen LogP contribution is -2.72. The second kappa shape index (κ2) is 8.37. The molecule has 1 fully saturated rings. The van der Waals surface area contributed by atoms with Gasteiger partial charge in [0, 0.05) is 16.4 Å². The van der Waals surface area contributed by atoms with Crippen molar-refractivity contribution in [3.05, 3.63) is 21.6 Å². The molecule has 4 heterocycles. The molecule has 2 amide bonds. The SMILES string of the molecule is Nc1nc(/C(=N/O)C(=O)NC2C(=O)N3C(C(=O)O)=C(Sc4nsnc4Cl)CCC23)ns1. The van der Waals surface area contributed by atoms with Gasteiger partial charge in [0.2, 0.25) is 11.5 Å². The number of β-lactam (4-membered cyclic amide) rings is 1. The van der Waals surface area contributed by atoms with Crippen LogP contribution in [0.4, 0.5) is 5.13 Å². The van der Waals surface area contributed by atoms with Gasteiger partial charge in [-0.1, -0.05) is 28.5 Å². The molecule has 2 aliphatic heterocycles. The topological polar surface area (TPSA) is 197 Å². The third-order valence-corrected chi connectivity index (χ3v) is 7.28. The van der Waals surface area contributed by atoms with Crippen molar-refractivity contribution in [3.63, 3.8) is 0 Å². The molecule has 5 N–H and O–H groups in total. The molecule has 2 aromatic heterocycles. The summed E-state index contributed by atoms with van der Waals surface area (Å²) in [5.41, 5.74) is 4.77. The number of hydrogen-bond donors (Lipinski definition) is 4. The largest absolute Gasteiger partial charge is 0.477 e. The fourth-order valence-electron chi connectivity index (χ4n) is 3.21. The summed E-state index contributed by atoms with van der Waals surface area (Å²) in [4.78, 5) is 42.4. The first-order valence-electron chi connectivity index (χ1n) is 8.39. The maximum Gasteiger partial charge on any atom is 0.353 e. The number of carboxylic acids is 1. The Morgan fingerprint density at radius 3 is 2.71 bits per heavy atom. The second-order valence-electron chi connectivity index (χ2n) is 6.21. The van der Waals surface area contributed by atoms with Crippen molar-refractivity contribution in [3.8, 4) is 0 Å². The highest BCUT2D eigenvalue weighted by Gasteiger charge is 2.54. The molecule has 13 nitrogen and oxygen atoms in total. The van der Waals surface area contributed by atoms with Crippen molar-refractivity contribution < 1.29 is 24.7 Å². The van der Waals surface area contributed by atoms with Crippen LogP contribution in [0.1, 0.15) is 18.7 Å². The van der Waals surface area contributed by atoms with Gasteiger partial charge in [0.1, 0.15) is 11.7 Å². The number of carbonyl (C=O) groups is 3. The van der Waals surface area contributed by atoms with E-state index in [1.54, 1.807) is 0 Å². The Hall–Kier alpha value is -2.82. The van der Waals surface area contributed by atoms with Crippen LogP contribution in [0.15, 0.2) is 20.8 Å². The normalized spacial score (nSPS) is 21.0. The molecule has 0 radical (unpaired) electrons. The van der Waals surface area contributed by atoms with Crippen LogP contribution in [0.2, 0.25) is 5.15 Å². The predicted octanol–water partition coefficient (Wildman–Crippen LogP) is 0.381. The van der Waals surface area contributed by atoms with Gasteiger partial charge in [0.05, 0.1) is 17.8 Å². The zero-order valence-electron chi connectivity index (χ0n) is 15.1. The van der Waals surface area contributed by atoms with Crippen LogP contribution in [-0.4, -0.2) is 68.9 Å². The summed E-state index contributed by atoms with van der Waals surface area (Å²) in [7, 11) is 0. The van der Waals surface area contributed by atoms with E-state index in [4.69, 9.17) is 22.5 Å². The van der Waals surface area contributed by atoms with Crippen molar-refractivity contribution in [2.75, 3.05) is 5.73 Å². The number of thioether (sulfide) groups is 1. The van der Waals surface area contributed by atoms with E-state index < -0.39 is 35.6 Å². The van der Waals surface area contributed by atoms with E-state index in [0.29, 0.717) is 22.8 Å². The average molecular weight is 503 g/mol. The van der Waals surface area contributed by atoms with Crippen molar-refractivity contribution >= 4 is 75.3 Å². The molecule has 4 rings (SSSR count). The number of anilines is 1. The lowest BCUT2D eigenvalue weighted by Gasteiger charge is -2.49. The summed E-state index contributed by atoms with van der Waals surface area (Å²) in [6.45, 7) is 0. The van der Waals surface area contributed by atoms with Crippen LogP contribution < -0.4 is 11.1 Å². The number of allylic oxidation sites excluding steroid dienone is 1. The first kappa shape index (κ1) is 21.4. The number of rotatable bonds is 6. The van der Waals surface area contributed by atoms with Crippen LogP contribution in [0, 0.1) is 0 Å². The monoisotopic (exact) mass is 502 g/mol. The third-order valence-electron chi connectivity index (χ3n) is 4.49. The van der Waals surface area contributed by atoms with Gasteiger partial charge in [0.15, 0.2) is 15.3 Å². The zero-order chi connectivity index (χ0) is 22.3. The molecule has 0 saturated carbocycles. The van der Waals surface area contributed by atoms with Crippen LogP contribution in [0.3, 0.4) is 0 Å². The van der Waals surface area contributed by atoms with Crippen molar-refractivity contribution in [2.24, 2.45) is 5.16 Å². The summed E-state index contributed by atoms with van der Waals surface area (Å²) in [5, 5.41) is 24.8. The van der Waals surface area contributed by atoms with Crippen molar-refractivity contribution in [1.82, 2.24) is 28.3 Å². The Kier molecular flexibility index (Phi) is 5.78. The number of halogens is 1. The number of hydrogen-bond acceptors (Lipinski definition) is 13. The molecule has 1 saturated heterocycles. The number of carboxylic acid groups (broad SMARTS) is 1. The first-order chi connectivity index (χ1) is 14.8. The molecule has 0 aromatic carbocycles. The van der Waals surface area contributed by atoms with Gasteiger partial charge in [-0.05, 0) is 12.8 Å². The van der Waals surface area contributed by atoms with E-state index in [1.165, 1.54) is 0 Å². The van der Waals surface area contributed by atoms with Crippen molar-refractivity contribution in [1.29, 1.82) is 0 Å². The molecule has 2 aliphatic rings. The third kappa shape index (κ3) is 3.82. The smallest absolute Gasteiger partial charge is 0.353 e. The van der Waals surface area contributed by atoms with E-state index in [0.717, 1.165) is 39.9 Å². The number of fused-ring (bicyclic) bond motifs is 1. The molecule has 162 valence electrons. The summed E-state index contributed by atoms with van der Waals surface area (Å²) in [6.07, 6.45) is 0.713. The molecular formula is C14H11ClN8O5S3. The summed E-state index contributed by atoms with van der Waals surface area (Å²) >= 11 is 8.68. The first-order valence-corrected chi connectivity index (χ1v) is 11.1. The Labute approximate surface area is 190 Å². The fourth-order valence-corrected chi connectivity index (χ4v) is 5.48. The molecule has 0 bridgehead atoms. The van der Waals surface area contributed by atoms with E-state index in [9.17, 15) is 19.5 Å². The number of aromatic nitrogens is 4. The number of nitrogens with two attached hydrogens (primary N) is 1. The summed E-state index contributed by atoms with van der Waals surface area (Å²) < 4.78 is 11.7. The van der Waals surface area contributed by atoms with Gasteiger partial charge < -0.3 is 21.4 Å². The standard InChI is InChI=1S/C14H11ClN8O5S3/c15-8-11(22-31-20-8)29-4-2-1-3-5(12(25)23(3)7(4)13(26)27)17-10(24)6(19-28)9-18-14(16)30-21-9/h3,5,28H,1-2H2,(H,17,24)(H,26,27)(H2,16,18,21)/b19-6-. The van der Waals surface area contributed by atoms with E-state index in [1.807, 2.05) is 0 Å². The lowest BCUT2D eigenvalue weighted by atomic mass is 9.86. The number of nitrogens with one attached hydrogen (secondary N) is 1. The minimum atomic E-state index is -1.29. The van der Waals surface area contributed by atoms with Gasteiger partial charge >= 0.3 is 5.97 Å². The minimum Gasteiger partial charge on any atom is -0.477 e. The van der Waals surface area contributed by atoms with E-state index >= 15 is 0 Å². The number of amides is 2. The number of aliphatic carboxylic acids is 1. The van der Waals surface area contributed by atoms with Gasteiger partial charge in [0.25, 0.3) is 11.8 Å². The number of nitrogens with zero attached hydrogens (tertiary/aromatic N) is 6. The minimum absolute atomic E-state index is 0.0683. The molecule has 31 heavy (non-hydrogen) atoms. The highest BCUT2D eigenvalue weighted by molar-refractivity contribution is 8.03. The molecule has 17 heteroatoms. The van der Waals surface area contributed by atoms with Crippen LogP contribution in [-0.2, 0) is 14.4 Å². The van der Waals surface area contributed by atoms with E-state index in [2.05, 4.69) is 28.6 Å². The highest BCUT2D eigenvalue weighted by Crippen LogP contribution is 2.44. The molecule has 2 atom stereocenters. The second-order valence-corrected chi connectivity index (χ2v) is 8.96. The maximum absolute atomic E-state index is 12.7. The Morgan fingerprint density at radius 1 is 1.35 bits per heavy atom. The summed E-state index contributed by atoms with van der Waals surface area (Å²) in [5.74, 6) is -2.98. The van der Waals surface area contributed by atoms with Crippen LogP contribution in [0.25, 0.3) is 0 Å². The van der Waals surface area contributed by atoms with Crippen LogP contribution >= 0.6 is 46.6 Å². The summed E-state index contributed by atoms with van der Waals surface area (Å²) in [6, 6.07) is -1.57. The van der Waals surface area contributed by atoms with Gasteiger partial charge in [-0.2, -0.15) is 18.1 Å². The molecule has 2 unspecified atom stereocenters. The lowest BCUT2D eigenvalue weighted by molar-refractivity contribution is -0.155. The maximum atomic E-state index is 12.7. The molecule has 2 aromatic rings. The Bertz CT molecular complexity index is 1150. The molecule has 0 aliphatic carbocycles. The van der Waals surface area contributed by atoms with Crippen LogP contribution in [0.5, 0.6) is 0 Å². The van der Waals surface area contributed by atoms with Gasteiger partial charge in [-0.15, -0.1) is 0 Å². The predicted molar refractivity (Wildman–Crippen MR) is 110 cm³/mol. The molecule has 0 spiro atoms.